The summed E-state index contributed by atoms with van der Waals surface area (Å²) in [7, 11) is 2.17. The van der Waals surface area contributed by atoms with E-state index in [1.54, 1.807) is 0 Å². The number of carbonyl (C=O) groups is 1. The summed E-state index contributed by atoms with van der Waals surface area (Å²) in [6.07, 6.45) is 3.41. The lowest BCUT2D eigenvalue weighted by Crippen LogP contribution is -2.51. The SMILES string of the molecule is CCC(C)(C)NC(=O)C(C)NCC1CCN(C)CC1. The summed E-state index contributed by atoms with van der Waals surface area (Å²) in [4.78, 5) is 14.4. The Balaban J connectivity index is 2.27. The zero-order valence-electron chi connectivity index (χ0n) is 13.3. The molecule has 1 unspecified atom stereocenters. The molecule has 1 aliphatic heterocycles. The van der Waals surface area contributed by atoms with Crippen molar-refractivity contribution in [1.82, 2.24) is 15.5 Å². The van der Waals surface area contributed by atoms with Gasteiger partial charge in [0.05, 0.1) is 6.04 Å². The van der Waals surface area contributed by atoms with Crippen LogP contribution in [0.2, 0.25) is 0 Å². The summed E-state index contributed by atoms with van der Waals surface area (Å²) < 4.78 is 0. The third kappa shape index (κ3) is 5.91. The number of nitrogens with zero attached hydrogens (tertiary/aromatic N) is 1. The quantitative estimate of drug-likeness (QED) is 0.770. The molecule has 0 aromatic rings. The number of hydrogen-bond donors (Lipinski definition) is 2. The van der Waals surface area contributed by atoms with Gasteiger partial charge in [-0.3, -0.25) is 4.79 Å². The minimum absolute atomic E-state index is 0.106. The minimum Gasteiger partial charge on any atom is -0.350 e. The highest BCUT2D eigenvalue weighted by Crippen LogP contribution is 2.15. The first-order valence-corrected chi connectivity index (χ1v) is 7.58. The van der Waals surface area contributed by atoms with Crippen LogP contribution in [0.5, 0.6) is 0 Å². The molecule has 19 heavy (non-hydrogen) atoms. The summed E-state index contributed by atoms with van der Waals surface area (Å²) in [6.45, 7) is 11.5. The third-order valence-corrected chi connectivity index (χ3v) is 4.29. The Hall–Kier alpha value is -0.610. The van der Waals surface area contributed by atoms with E-state index in [0.29, 0.717) is 5.92 Å². The lowest BCUT2D eigenvalue weighted by Gasteiger charge is -2.30. The van der Waals surface area contributed by atoms with E-state index in [0.717, 1.165) is 13.0 Å². The van der Waals surface area contributed by atoms with Gasteiger partial charge in [0.25, 0.3) is 0 Å². The molecule has 1 amide bonds. The van der Waals surface area contributed by atoms with Crippen LogP contribution in [0.1, 0.15) is 47.0 Å². The molecule has 0 radical (unpaired) electrons. The molecule has 0 spiro atoms. The molecule has 1 aliphatic rings. The molecule has 1 saturated heterocycles. The Kier molecular flexibility index (Phi) is 6.27. The van der Waals surface area contributed by atoms with Crippen LogP contribution in [0.4, 0.5) is 0 Å². The van der Waals surface area contributed by atoms with E-state index in [1.165, 1.54) is 25.9 Å². The van der Waals surface area contributed by atoms with Crippen molar-refractivity contribution in [2.75, 3.05) is 26.7 Å². The topological polar surface area (TPSA) is 44.4 Å². The van der Waals surface area contributed by atoms with Crippen LogP contribution in [-0.4, -0.2) is 49.1 Å². The molecule has 0 aliphatic carbocycles. The van der Waals surface area contributed by atoms with Gasteiger partial charge in [-0.15, -0.1) is 0 Å². The van der Waals surface area contributed by atoms with Crippen LogP contribution in [0.15, 0.2) is 0 Å². The Morgan fingerprint density at radius 3 is 2.47 bits per heavy atom. The van der Waals surface area contributed by atoms with Crippen molar-refractivity contribution in [3.63, 3.8) is 0 Å². The first-order valence-electron chi connectivity index (χ1n) is 7.58. The van der Waals surface area contributed by atoms with E-state index in [4.69, 9.17) is 0 Å². The van der Waals surface area contributed by atoms with Crippen LogP contribution in [0.25, 0.3) is 0 Å². The number of hydrogen-bond acceptors (Lipinski definition) is 3. The second-order valence-corrected chi connectivity index (χ2v) is 6.60. The van der Waals surface area contributed by atoms with E-state index < -0.39 is 0 Å². The van der Waals surface area contributed by atoms with Crippen LogP contribution in [0.3, 0.4) is 0 Å². The Labute approximate surface area is 118 Å². The van der Waals surface area contributed by atoms with Gasteiger partial charge in [0, 0.05) is 5.54 Å². The predicted octanol–water partition coefficient (Wildman–Crippen LogP) is 1.61. The van der Waals surface area contributed by atoms with Gasteiger partial charge in [0.15, 0.2) is 0 Å². The van der Waals surface area contributed by atoms with Crippen LogP contribution in [0, 0.1) is 5.92 Å². The summed E-state index contributed by atoms with van der Waals surface area (Å²) in [6, 6.07) is -0.106. The maximum atomic E-state index is 12.1. The van der Waals surface area contributed by atoms with Crippen LogP contribution >= 0.6 is 0 Å². The second kappa shape index (κ2) is 7.25. The standard InChI is InChI=1S/C15H31N3O/c1-6-15(3,4)17-14(19)12(2)16-11-13-7-9-18(5)10-8-13/h12-13,16H,6-11H2,1-5H3,(H,17,19). The van der Waals surface area contributed by atoms with Gasteiger partial charge in [0.1, 0.15) is 0 Å². The number of piperidine rings is 1. The van der Waals surface area contributed by atoms with Gasteiger partial charge in [-0.1, -0.05) is 6.92 Å². The first kappa shape index (κ1) is 16.4. The molecule has 2 N–H and O–H groups in total. The predicted molar refractivity (Wildman–Crippen MR) is 80.2 cm³/mol. The van der Waals surface area contributed by atoms with Crippen molar-refractivity contribution in [2.45, 2.75) is 58.5 Å². The highest BCUT2D eigenvalue weighted by molar-refractivity contribution is 5.81. The Morgan fingerprint density at radius 2 is 1.95 bits per heavy atom. The Bertz CT molecular complexity index is 283. The smallest absolute Gasteiger partial charge is 0.237 e. The second-order valence-electron chi connectivity index (χ2n) is 6.60. The molecule has 1 fully saturated rings. The summed E-state index contributed by atoms with van der Waals surface area (Å²) in [5.41, 5.74) is -0.111. The van der Waals surface area contributed by atoms with Gasteiger partial charge >= 0.3 is 0 Å². The number of rotatable bonds is 6. The van der Waals surface area contributed by atoms with Gasteiger partial charge in [-0.05, 0) is 72.6 Å². The highest BCUT2D eigenvalue weighted by Gasteiger charge is 2.23. The minimum atomic E-state index is -0.111. The van der Waals surface area contributed by atoms with E-state index >= 15 is 0 Å². The maximum absolute atomic E-state index is 12.1. The van der Waals surface area contributed by atoms with Crippen molar-refractivity contribution >= 4 is 5.91 Å². The normalized spacial score (nSPS) is 20.3. The number of carbonyl (C=O) groups excluding carboxylic acids is 1. The highest BCUT2D eigenvalue weighted by atomic mass is 16.2. The number of likely N-dealkylation sites (tertiary alicyclic amines) is 1. The average Bonchev–Trinajstić information content (AvgIpc) is 2.37. The number of amides is 1. The maximum Gasteiger partial charge on any atom is 0.237 e. The molecule has 0 aromatic carbocycles. The fraction of sp³-hybridized carbons (Fsp3) is 0.933. The van der Waals surface area contributed by atoms with Gasteiger partial charge in [-0.2, -0.15) is 0 Å². The first-order chi connectivity index (χ1) is 8.84. The van der Waals surface area contributed by atoms with Gasteiger partial charge in [0.2, 0.25) is 5.91 Å². The Morgan fingerprint density at radius 1 is 1.37 bits per heavy atom. The molecule has 112 valence electrons. The summed E-state index contributed by atoms with van der Waals surface area (Å²) >= 11 is 0. The van der Waals surface area contributed by atoms with E-state index in [-0.39, 0.29) is 17.5 Å². The average molecular weight is 269 g/mol. The summed E-state index contributed by atoms with van der Waals surface area (Å²) in [5, 5.41) is 6.47. The largest absolute Gasteiger partial charge is 0.350 e. The molecule has 0 bridgehead atoms. The van der Waals surface area contributed by atoms with Crippen molar-refractivity contribution in [3.05, 3.63) is 0 Å². The van der Waals surface area contributed by atoms with Crippen LogP contribution in [-0.2, 0) is 4.79 Å². The fourth-order valence-electron chi connectivity index (χ4n) is 2.23. The van der Waals surface area contributed by atoms with Gasteiger partial charge < -0.3 is 15.5 Å². The lowest BCUT2D eigenvalue weighted by atomic mass is 9.97. The molecular formula is C15H31N3O. The van der Waals surface area contributed by atoms with E-state index in [9.17, 15) is 4.79 Å². The number of nitrogens with one attached hydrogen (secondary N) is 2. The molecule has 1 heterocycles. The van der Waals surface area contributed by atoms with Crippen molar-refractivity contribution in [1.29, 1.82) is 0 Å². The zero-order valence-corrected chi connectivity index (χ0v) is 13.3. The molecular weight excluding hydrogens is 238 g/mol. The third-order valence-electron chi connectivity index (χ3n) is 4.29. The van der Waals surface area contributed by atoms with Crippen LogP contribution < -0.4 is 10.6 Å². The van der Waals surface area contributed by atoms with E-state index in [2.05, 4.69) is 43.4 Å². The van der Waals surface area contributed by atoms with Crippen molar-refractivity contribution in [3.8, 4) is 0 Å². The molecule has 1 atom stereocenters. The molecule has 0 aromatic heterocycles. The lowest BCUT2D eigenvalue weighted by molar-refractivity contribution is -0.124. The summed E-state index contributed by atoms with van der Waals surface area (Å²) in [5.74, 6) is 0.824. The van der Waals surface area contributed by atoms with Crippen molar-refractivity contribution < 1.29 is 4.79 Å². The molecule has 4 heteroatoms. The fourth-order valence-corrected chi connectivity index (χ4v) is 2.23. The molecule has 0 saturated carbocycles. The zero-order chi connectivity index (χ0) is 14.5. The molecule has 1 rings (SSSR count). The van der Waals surface area contributed by atoms with Gasteiger partial charge in [-0.25, -0.2) is 0 Å². The monoisotopic (exact) mass is 269 g/mol. The van der Waals surface area contributed by atoms with Crippen molar-refractivity contribution in [2.24, 2.45) is 5.92 Å². The van der Waals surface area contributed by atoms with E-state index in [1.807, 2.05) is 6.92 Å². The molecule has 4 nitrogen and oxygen atoms in total.